The summed E-state index contributed by atoms with van der Waals surface area (Å²) in [6.45, 7) is -0.0481. The molecule has 3 N–H and O–H groups in total. The van der Waals surface area contributed by atoms with Crippen molar-refractivity contribution in [1.82, 2.24) is 5.32 Å². The monoisotopic (exact) mass is 255 g/mol. The van der Waals surface area contributed by atoms with Crippen LogP contribution in [0.3, 0.4) is 0 Å². The van der Waals surface area contributed by atoms with Gasteiger partial charge in [0.2, 0.25) is 0 Å². The second-order valence-electron chi connectivity index (χ2n) is 4.62. The van der Waals surface area contributed by atoms with Gasteiger partial charge in [-0.05, 0) is 30.4 Å². The van der Waals surface area contributed by atoms with Crippen LogP contribution >= 0.6 is 11.6 Å². The zero-order chi connectivity index (χ0) is 12.3. The fraction of sp³-hybridized carbons (Fsp3) is 0.538. The summed E-state index contributed by atoms with van der Waals surface area (Å²) in [5.74, 6) is 0.499. The van der Waals surface area contributed by atoms with E-state index in [-0.39, 0.29) is 19.3 Å². The molecule has 2 rings (SSSR count). The van der Waals surface area contributed by atoms with Gasteiger partial charge >= 0.3 is 0 Å². The van der Waals surface area contributed by atoms with Crippen molar-refractivity contribution in [2.24, 2.45) is 0 Å². The molecular weight excluding hydrogens is 238 g/mol. The first-order valence-electron chi connectivity index (χ1n) is 5.96. The lowest BCUT2D eigenvalue weighted by atomic mass is 9.75. The average Bonchev–Trinajstić information content (AvgIpc) is 2.30. The lowest BCUT2D eigenvalue weighted by molar-refractivity contribution is 0.142. The highest BCUT2D eigenvalue weighted by Crippen LogP contribution is 2.39. The SMILES string of the molecule is OCC(CO)NC1CC(c2ccccc2Cl)C1. The van der Waals surface area contributed by atoms with E-state index < -0.39 is 0 Å². The van der Waals surface area contributed by atoms with Crippen LogP contribution in [-0.4, -0.2) is 35.5 Å². The van der Waals surface area contributed by atoms with Crippen LogP contribution in [0, 0.1) is 0 Å². The topological polar surface area (TPSA) is 52.5 Å². The van der Waals surface area contributed by atoms with Crippen molar-refractivity contribution in [3.05, 3.63) is 34.9 Å². The smallest absolute Gasteiger partial charge is 0.0607 e. The third-order valence-electron chi connectivity index (χ3n) is 3.40. The van der Waals surface area contributed by atoms with Crippen molar-refractivity contribution in [3.8, 4) is 0 Å². The molecule has 0 atom stereocenters. The van der Waals surface area contributed by atoms with E-state index in [0.717, 1.165) is 17.9 Å². The Hall–Kier alpha value is -0.610. The van der Waals surface area contributed by atoms with E-state index in [0.29, 0.717) is 12.0 Å². The van der Waals surface area contributed by atoms with Gasteiger partial charge in [-0.25, -0.2) is 0 Å². The molecule has 1 saturated carbocycles. The fourth-order valence-corrected chi connectivity index (χ4v) is 2.60. The summed E-state index contributed by atoms with van der Waals surface area (Å²) < 4.78 is 0. The van der Waals surface area contributed by atoms with Gasteiger partial charge in [0.15, 0.2) is 0 Å². The van der Waals surface area contributed by atoms with Crippen molar-refractivity contribution in [2.45, 2.75) is 30.8 Å². The number of hydrogen-bond donors (Lipinski definition) is 3. The van der Waals surface area contributed by atoms with Crippen LogP contribution in [0.5, 0.6) is 0 Å². The predicted octanol–water partition coefficient (Wildman–Crippen LogP) is 1.53. The first-order valence-corrected chi connectivity index (χ1v) is 6.34. The molecule has 4 heteroatoms. The molecule has 1 aliphatic carbocycles. The lowest BCUT2D eigenvalue weighted by Crippen LogP contribution is -2.48. The normalized spacial score (nSPS) is 23.8. The largest absolute Gasteiger partial charge is 0.395 e. The Labute approximate surface area is 106 Å². The lowest BCUT2D eigenvalue weighted by Gasteiger charge is -2.38. The van der Waals surface area contributed by atoms with Crippen molar-refractivity contribution >= 4 is 11.6 Å². The second kappa shape index (κ2) is 5.83. The van der Waals surface area contributed by atoms with E-state index in [1.165, 1.54) is 5.56 Å². The molecular formula is C13H18ClNO2. The molecule has 17 heavy (non-hydrogen) atoms. The van der Waals surface area contributed by atoms with Gasteiger partial charge in [0, 0.05) is 11.1 Å². The first kappa shape index (κ1) is 12.8. The molecule has 0 spiro atoms. The van der Waals surface area contributed by atoms with Crippen LogP contribution in [0.1, 0.15) is 24.3 Å². The Bertz CT molecular complexity index is 362. The van der Waals surface area contributed by atoms with Crippen LogP contribution in [0.4, 0.5) is 0 Å². The molecule has 3 nitrogen and oxygen atoms in total. The minimum absolute atomic E-state index is 0.0240. The summed E-state index contributed by atoms with van der Waals surface area (Å²) in [6, 6.07) is 8.11. The molecule has 0 aromatic heterocycles. The molecule has 0 saturated heterocycles. The molecule has 0 heterocycles. The summed E-state index contributed by atoms with van der Waals surface area (Å²) in [6.07, 6.45) is 2.03. The third kappa shape index (κ3) is 2.99. The van der Waals surface area contributed by atoms with Gasteiger partial charge in [-0.3, -0.25) is 0 Å². The minimum atomic E-state index is -0.202. The predicted molar refractivity (Wildman–Crippen MR) is 68.3 cm³/mol. The van der Waals surface area contributed by atoms with Crippen LogP contribution in [0.25, 0.3) is 0 Å². The summed E-state index contributed by atoms with van der Waals surface area (Å²) in [5.41, 5.74) is 1.21. The second-order valence-corrected chi connectivity index (χ2v) is 5.02. The van der Waals surface area contributed by atoms with Gasteiger partial charge in [-0.15, -0.1) is 0 Å². The third-order valence-corrected chi connectivity index (χ3v) is 3.74. The number of benzene rings is 1. The number of rotatable bonds is 5. The van der Waals surface area contributed by atoms with E-state index in [4.69, 9.17) is 21.8 Å². The molecule has 1 aliphatic rings. The average molecular weight is 256 g/mol. The summed E-state index contributed by atoms with van der Waals surface area (Å²) in [4.78, 5) is 0. The van der Waals surface area contributed by atoms with Crippen LogP contribution < -0.4 is 5.32 Å². The summed E-state index contributed by atoms with van der Waals surface area (Å²) in [7, 11) is 0. The molecule has 0 amide bonds. The van der Waals surface area contributed by atoms with Crippen molar-refractivity contribution in [3.63, 3.8) is 0 Å². The summed E-state index contributed by atoms with van der Waals surface area (Å²) in [5, 5.41) is 22.0. The number of halogens is 1. The summed E-state index contributed by atoms with van der Waals surface area (Å²) >= 11 is 6.14. The Morgan fingerprint density at radius 1 is 1.24 bits per heavy atom. The van der Waals surface area contributed by atoms with Crippen molar-refractivity contribution in [2.75, 3.05) is 13.2 Å². The molecule has 0 radical (unpaired) electrons. The molecule has 1 aromatic carbocycles. The van der Waals surface area contributed by atoms with Crippen LogP contribution in [0.2, 0.25) is 5.02 Å². The van der Waals surface area contributed by atoms with Crippen LogP contribution in [0.15, 0.2) is 24.3 Å². The van der Waals surface area contributed by atoms with E-state index >= 15 is 0 Å². The molecule has 94 valence electrons. The van der Waals surface area contributed by atoms with Gasteiger partial charge in [0.25, 0.3) is 0 Å². The van der Waals surface area contributed by atoms with Gasteiger partial charge in [0.1, 0.15) is 0 Å². The molecule has 0 aliphatic heterocycles. The Kier molecular flexibility index (Phi) is 4.40. The van der Waals surface area contributed by atoms with E-state index in [2.05, 4.69) is 11.4 Å². The Morgan fingerprint density at radius 3 is 2.47 bits per heavy atom. The van der Waals surface area contributed by atoms with Gasteiger partial charge in [0.05, 0.1) is 19.3 Å². The maximum absolute atomic E-state index is 8.98. The highest BCUT2D eigenvalue weighted by molar-refractivity contribution is 6.31. The zero-order valence-corrected chi connectivity index (χ0v) is 10.4. The maximum Gasteiger partial charge on any atom is 0.0607 e. The quantitative estimate of drug-likeness (QED) is 0.748. The zero-order valence-electron chi connectivity index (χ0n) is 9.64. The highest BCUT2D eigenvalue weighted by atomic mass is 35.5. The number of hydrogen-bond acceptors (Lipinski definition) is 3. The fourth-order valence-electron chi connectivity index (χ4n) is 2.31. The van der Waals surface area contributed by atoms with Gasteiger partial charge in [-0.2, -0.15) is 0 Å². The van der Waals surface area contributed by atoms with Crippen LogP contribution in [-0.2, 0) is 0 Å². The van der Waals surface area contributed by atoms with Crippen molar-refractivity contribution in [1.29, 1.82) is 0 Å². The molecule has 1 aromatic rings. The number of nitrogens with one attached hydrogen (secondary N) is 1. The van der Waals surface area contributed by atoms with Gasteiger partial charge < -0.3 is 15.5 Å². The molecule has 0 bridgehead atoms. The molecule has 1 fully saturated rings. The maximum atomic E-state index is 8.98. The highest BCUT2D eigenvalue weighted by Gasteiger charge is 2.32. The standard InChI is InChI=1S/C13H18ClNO2/c14-13-4-2-1-3-12(13)9-5-10(6-9)15-11(7-16)8-17/h1-4,9-11,15-17H,5-8H2. The molecule has 0 unspecified atom stereocenters. The van der Waals surface area contributed by atoms with Crippen molar-refractivity contribution < 1.29 is 10.2 Å². The number of aliphatic hydroxyl groups is 2. The first-order chi connectivity index (χ1) is 8.24. The Balaban J connectivity index is 1.85. The van der Waals surface area contributed by atoms with E-state index in [1.807, 2.05) is 18.2 Å². The van der Waals surface area contributed by atoms with Gasteiger partial charge in [-0.1, -0.05) is 29.8 Å². The number of aliphatic hydroxyl groups excluding tert-OH is 2. The Morgan fingerprint density at radius 2 is 1.88 bits per heavy atom. The van der Waals surface area contributed by atoms with E-state index in [9.17, 15) is 0 Å². The minimum Gasteiger partial charge on any atom is -0.395 e. The van der Waals surface area contributed by atoms with E-state index in [1.54, 1.807) is 0 Å².